The molecule has 1 fully saturated rings. The Balaban J connectivity index is 1.43. The summed E-state index contributed by atoms with van der Waals surface area (Å²) < 4.78 is 4.06. The summed E-state index contributed by atoms with van der Waals surface area (Å²) in [7, 11) is 0. The van der Waals surface area contributed by atoms with Crippen LogP contribution in [0.4, 0.5) is 0 Å². The van der Waals surface area contributed by atoms with E-state index in [1.807, 2.05) is 17.6 Å². The summed E-state index contributed by atoms with van der Waals surface area (Å²) >= 11 is 0. The number of rotatable bonds is 3. The maximum absolute atomic E-state index is 12.2. The molecule has 3 aromatic rings. The summed E-state index contributed by atoms with van der Waals surface area (Å²) in [6.45, 7) is 7.96. The van der Waals surface area contributed by atoms with Gasteiger partial charge in [0, 0.05) is 49.6 Å². The predicted molar refractivity (Wildman–Crippen MR) is 110 cm³/mol. The molecule has 1 aromatic carbocycles. The number of piperidine rings is 1. The van der Waals surface area contributed by atoms with Crippen molar-refractivity contribution in [3.63, 3.8) is 0 Å². The Morgan fingerprint density at radius 1 is 1.04 bits per heavy atom. The summed E-state index contributed by atoms with van der Waals surface area (Å²) in [6, 6.07) is 16.4. The van der Waals surface area contributed by atoms with E-state index in [1.165, 1.54) is 23.4 Å². The molecule has 2 atom stereocenters. The summed E-state index contributed by atoms with van der Waals surface area (Å²) in [5, 5.41) is 4.69. The lowest BCUT2D eigenvalue weighted by atomic mass is 9.83. The van der Waals surface area contributed by atoms with E-state index < -0.39 is 0 Å². The monoisotopic (exact) mass is 374 g/mol. The molecule has 2 aromatic heterocycles. The molecule has 0 amide bonds. The number of nitrogens with zero attached hydrogens (tertiary/aromatic N) is 4. The van der Waals surface area contributed by atoms with Crippen LogP contribution >= 0.6 is 0 Å². The Bertz CT molecular complexity index is 1080. The highest BCUT2D eigenvalue weighted by molar-refractivity contribution is 5.42. The molecule has 5 heteroatoms. The molecule has 5 nitrogen and oxygen atoms in total. The summed E-state index contributed by atoms with van der Waals surface area (Å²) in [4.78, 5) is 14.8. The Kier molecular flexibility index (Phi) is 4.20. The van der Waals surface area contributed by atoms with Crippen LogP contribution in [0, 0.1) is 19.8 Å². The van der Waals surface area contributed by atoms with Gasteiger partial charge in [0.2, 0.25) is 0 Å². The van der Waals surface area contributed by atoms with Crippen molar-refractivity contribution in [2.45, 2.75) is 39.3 Å². The van der Waals surface area contributed by atoms with Gasteiger partial charge < -0.3 is 4.57 Å². The number of pyridine rings is 1. The van der Waals surface area contributed by atoms with Crippen molar-refractivity contribution in [2.24, 2.45) is 5.92 Å². The SMILES string of the molecule is Cc1cc(C)n(-c2ccccc2CN2C[C@H]3C[C@@H](C2)c2cccc(=O)n2C3)n1. The zero-order valence-electron chi connectivity index (χ0n) is 16.5. The van der Waals surface area contributed by atoms with E-state index in [9.17, 15) is 4.79 Å². The van der Waals surface area contributed by atoms with Gasteiger partial charge in [-0.3, -0.25) is 9.69 Å². The number of hydrogen-bond donors (Lipinski definition) is 0. The van der Waals surface area contributed by atoms with Gasteiger partial charge in [0.25, 0.3) is 5.56 Å². The first-order valence-electron chi connectivity index (χ1n) is 10.1. The van der Waals surface area contributed by atoms with Crippen LogP contribution in [0.2, 0.25) is 0 Å². The van der Waals surface area contributed by atoms with Crippen molar-refractivity contribution in [1.82, 2.24) is 19.2 Å². The molecule has 0 spiro atoms. The van der Waals surface area contributed by atoms with Gasteiger partial charge in [-0.25, -0.2) is 4.68 Å². The zero-order chi connectivity index (χ0) is 19.3. The van der Waals surface area contributed by atoms with Gasteiger partial charge in [-0.15, -0.1) is 0 Å². The minimum absolute atomic E-state index is 0.149. The normalized spacial score (nSPS) is 21.5. The average Bonchev–Trinajstić information content (AvgIpc) is 3.01. The quantitative estimate of drug-likeness (QED) is 0.707. The fourth-order valence-corrected chi connectivity index (χ4v) is 5.09. The van der Waals surface area contributed by atoms with E-state index in [1.54, 1.807) is 6.07 Å². The van der Waals surface area contributed by atoms with Crippen molar-refractivity contribution >= 4 is 0 Å². The predicted octanol–water partition coefficient (Wildman–Crippen LogP) is 3.27. The van der Waals surface area contributed by atoms with Crippen LogP contribution in [0.15, 0.2) is 53.3 Å². The molecule has 144 valence electrons. The van der Waals surface area contributed by atoms with Crippen LogP contribution in [0.5, 0.6) is 0 Å². The van der Waals surface area contributed by atoms with E-state index in [2.05, 4.69) is 52.9 Å². The second-order valence-corrected chi connectivity index (χ2v) is 8.36. The molecule has 2 aliphatic heterocycles. The first-order chi connectivity index (χ1) is 13.6. The molecule has 2 aliphatic rings. The number of benzene rings is 1. The van der Waals surface area contributed by atoms with Gasteiger partial charge in [0.05, 0.1) is 11.4 Å². The minimum atomic E-state index is 0.149. The molecular formula is C23H26N4O. The number of fused-ring (bicyclic) bond motifs is 4. The molecule has 0 N–H and O–H groups in total. The minimum Gasteiger partial charge on any atom is -0.312 e. The Morgan fingerprint density at radius 3 is 2.71 bits per heavy atom. The first kappa shape index (κ1) is 17.4. The van der Waals surface area contributed by atoms with Crippen LogP contribution in [-0.4, -0.2) is 32.3 Å². The van der Waals surface area contributed by atoms with Crippen LogP contribution < -0.4 is 5.56 Å². The number of hydrogen-bond acceptors (Lipinski definition) is 3. The summed E-state index contributed by atoms with van der Waals surface area (Å²) in [5.74, 6) is 0.995. The standard InChI is InChI=1S/C23H26N4O/c1-16-10-17(2)27(24-16)22-7-4-3-6-19(22)14-25-12-18-11-20(15-25)21-8-5-9-23(28)26(21)13-18/h3-10,18,20H,11-15H2,1-2H3/t18-,20+/m1/s1. The average molecular weight is 374 g/mol. The van der Waals surface area contributed by atoms with Gasteiger partial charge in [0.15, 0.2) is 0 Å². The van der Waals surface area contributed by atoms with Crippen molar-refractivity contribution in [3.8, 4) is 5.69 Å². The molecule has 28 heavy (non-hydrogen) atoms. The highest BCUT2D eigenvalue weighted by atomic mass is 16.1. The largest absolute Gasteiger partial charge is 0.312 e. The molecular weight excluding hydrogens is 348 g/mol. The lowest BCUT2D eigenvalue weighted by Crippen LogP contribution is -2.46. The van der Waals surface area contributed by atoms with Gasteiger partial charge in [-0.1, -0.05) is 24.3 Å². The van der Waals surface area contributed by atoms with Crippen LogP contribution in [0.3, 0.4) is 0 Å². The number of likely N-dealkylation sites (tertiary alicyclic amines) is 1. The third-order valence-corrected chi connectivity index (χ3v) is 6.18. The summed E-state index contributed by atoms with van der Waals surface area (Å²) in [5.41, 5.74) is 6.03. The maximum atomic E-state index is 12.2. The topological polar surface area (TPSA) is 43.1 Å². The third kappa shape index (κ3) is 3.00. The van der Waals surface area contributed by atoms with Crippen molar-refractivity contribution in [1.29, 1.82) is 0 Å². The van der Waals surface area contributed by atoms with Gasteiger partial charge in [-0.2, -0.15) is 5.10 Å². The van der Waals surface area contributed by atoms with E-state index in [0.29, 0.717) is 11.8 Å². The summed E-state index contributed by atoms with van der Waals surface area (Å²) in [6.07, 6.45) is 1.19. The second kappa shape index (κ2) is 6.74. The van der Waals surface area contributed by atoms with Crippen molar-refractivity contribution in [2.75, 3.05) is 13.1 Å². The van der Waals surface area contributed by atoms with Gasteiger partial charge in [0.1, 0.15) is 0 Å². The molecule has 0 unspecified atom stereocenters. The van der Waals surface area contributed by atoms with Crippen molar-refractivity contribution in [3.05, 3.63) is 81.5 Å². The number of aromatic nitrogens is 3. The Hall–Kier alpha value is -2.66. The number of aryl methyl sites for hydroxylation is 2. The molecule has 1 saturated heterocycles. The molecule has 0 aliphatic carbocycles. The van der Waals surface area contributed by atoms with Gasteiger partial charge >= 0.3 is 0 Å². The van der Waals surface area contributed by atoms with E-state index in [4.69, 9.17) is 5.10 Å². The first-order valence-corrected chi connectivity index (χ1v) is 10.1. The van der Waals surface area contributed by atoms with Crippen LogP contribution in [0.1, 0.15) is 35.0 Å². The Labute approximate surface area is 165 Å². The maximum Gasteiger partial charge on any atom is 0.250 e. The van der Waals surface area contributed by atoms with E-state index in [-0.39, 0.29) is 5.56 Å². The molecule has 0 saturated carbocycles. The van der Waals surface area contributed by atoms with Gasteiger partial charge in [-0.05, 0) is 49.9 Å². The van der Waals surface area contributed by atoms with Crippen LogP contribution in [0.25, 0.3) is 5.69 Å². The van der Waals surface area contributed by atoms with Crippen LogP contribution in [-0.2, 0) is 13.1 Å². The smallest absolute Gasteiger partial charge is 0.250 e. The molecule has 2 bridgehead atoms. The number of para-hydroxylation sites is 1. The molecule has 4 heterocycles. The lowest BCUT2D eigenvalue weighted by Gasteiger charge is -2.43. The van der Waals surface area contributed by atoms with E-state index in [0.717, 1.165) is 37.6 Å². The second-order valence-electron chi connectivity index (χ2n) is 8.36. The van der Waals surface area contributed by atoms with E-state index >= 15 is 0 Å². The fourth-order valence-electron chi connectivity index (χ4n) is 5.09. The highest BCUT2D eigenvalue weighted by Gasteiger charge is 2.34. The molecule has 0 radical (unpaired) electrons. The zero-order valence-corrected chi connectivity index (χ0v) is 16.5. The third-order valence-electron chi connectivity index (χ3n) is 6.18. The lowest BCUT2D eigenvalue weighted by molar-refractivity contribution is 0.114. The fraction of sp³-hybridized carbons (Fsp3) is 0.391. The molecule has 5 rings (SSSR count). The highest BCUT2D eigenvalue weighted by Crippen LogP contribution is 2.35. The van der Waals surface area contributed by atoms with Crippen molar-refractivity contribution < 1.29 is 0 Å². The Morgan fingerprint density at radius 2 is 1.89 bits per heavy atom.